The quantitative estimate of drug-likeness (QED) is 0.589. The maximum absolute atomic E-state index is 12.2. The zero-order chi connectivity index (χ0) is 20.3. The molecule has 1 N–H and O–H groups in total. The predicted molar refractivity (Wildman–Crippen MR) is 113 cm³/mol. The molecule has 0 unspecified atom stereocenters. The Labute approximate surface area is 173 Å². The van der Waals surface area contributed by atoms with Crippen molar-refractivity contribution in [2.75, 3.05) is 5.32 Å². The Kier molecular flexibility index (Phi) is 6.21. The van der Waals surface area contributed by atoms with Crippen molar-refractivity contribution in [1.82, 2.24) is 19.6 Å². The fourth-order valence-corrected chi connectivity index (χ4v) is 3.36. The van der Waals surface area contributed by atoms with Crippen molar-refractivity contribution >= 4 is 41.0 Å². The third kappa shape index (κ3) is 4.46. The first kappa shape index (κ1) is 20.2. The zero-order valence-corrected chi connectivity index (χ0v) is 17.4. The van der Waals surface area contributed by atoms with E-state index in [1.807, 2.05) is 25.5 Å². The number of aromatic nitrogens is 4. The summed E-state index contributed by atoms with van der Waals surface area (Å²) in [6.07, 6.45) is 4.97. The van der Waals surface area contributed by atoms with Crippen molar-refractivity contribution in [3.8, 4) is 0 Å². The zero-order valence-electron chi connectivity index (χ0n) is 15.9. The molecule has 0 spiro atoms. The summed E-state index contributed by atoms with van der Waals surface area (Å²) in [5.74, 6) is 0.209. The van der Waals surface area contributed by atoms with Gasteiger partial charge in [0, 0.05) is 51.2 Å². The molecule has 0 saturated carbocycles. The minimum absolute atomic E-state index is 0.260. The Morgan fingerprint density at radius 1 is 1.21 bits per heavy atom. The van der Waals surface area contributed by atoms with Gasteiger partial charge in [-0.3, -0.25) is 14.2 Å². The molecule has 0 saturated heterocycles. The lowest BCUT2D eigenvalue weighted by atomic mass is 10.2. The lowest BCUT2D eigenvalue weighted by molar-refractivity contribution is -0.111. The molecule has 3 rings (SSSR count). The standard InChI is InChI=1S/C20H21Cl2N5O/c1-4-26-14(3)15(11-23-26)8-9-20(28)24-19-10-13(2)27(25-19)12-16-17(21)6-5-7-18(16)22/h5-11H,4,12H2,1-3H3,(H,24,25,28)/b9-8+. The van der Waals surface area contributed by atoms with Crippen LogP contribution in [0.4, 0.5) is 5.82 Å². The molecular formula is C20H21Cl2N5O. The second-order valence-corrected chi connectivity index (χ2v) is 7.17. The van der Waals surface area contributed by atoms with E-state index in [2.05, 4.69) is 15.5 Å². The fourth-order valence-electron chi connectivity index (χ4n) is 2.84. The van der Waals surface area contributed by atoms with Gasteiger partial charge in [0.15, 0.2) is 5.82 Å². The summed E-state index contributed by atoms with van der Waals surface area (Å²) >= 11 is 12.5. The Morgan fingerprint density at radius 2 is 1.93 bits per heavy atom. The molecule has 1 aromatic carbocycles. The fraction of sp³-hybridized carbons (Fsp3) is 0.250. The smallest absolute Gasteiger partial charge is 0.249 e. The minimum atomic E-state index is -0.260. The summed E-state index contributed by atoms with van der Waals surface area (Å²) in [4.78, 5) is 12.2. The summed E-state index contributed by atoms with van der Waals surface area (Å²) in [5.41, 5.74) is 3.60. The van der Waals surface area contributed by atoms with Gasteiger partial charge in [0.25, 0.3) is 0 Å². The van der Waals surface area contributed by atoms with Gasteiger partial charge in [-0.25, -0.2) is 0 Å². The van der Waals surface area contributed by atoms with Crippen LogP contribution < -0.4 is 5.32 Å². The maximum Gasteiger partial charge on any atom is 0.249 e. The van der Waals surface area contributed by atoms with E-state index in [-0.39, 0.29) is 5.91 Å². The number of carbonyl (C=O) groups is 1. The summed E-state index contributed by atoms with van der Waals surface area (Å²) in [7, 11) is 0. The van der Waals surface area contributed by atoms with Crippen molar-refractivity contribution in [3.05, 3.63) is 69.1 Å². The number of hydrogen-bond acceptors (Lipinski definition) is 3. The van der Waals surface area contributed by atoms with Crippen LogP contribution in [0.1, 0.15) is 29.4 Å². The van der Waals surface area contributed by atoms with Crippen molar-refractivity contribution < 1.29 is 4.79 Å². The van der Waals surface area contributed by atoms with Crippen molar-refractivity contribution in [2.24, 2.45) is 0 Å². The van der Waals surface area contributed by atoms with Crippen molar-refractivity contribution in [2.45, 2.75) is 33.9 Å². The largest absolute Gasteiger partial charge is 0.306 e. The number of anilines is 1. The summed E-state index contributed by atoms with van der Waals surface area (Å²) in [5, 5.41) is 12.6. The van der Waals surface area contributed by atoms with Crippen LogP contribution >= 0.6 is 23.2 Å². The van der Waals surface area contributed by atoms with Gasteiger partial charge < -0.3 is 5.32 Å². The van der Waals surface area contributed by atoms with Crippen LogP contribution in [0.25, 0.3) is 6.08 Å². The van der Waals surface area contributed by atoms with Crippen LogP contribution in [-0.2, 0) is 17.9 Å². The molecule has 3 aromatic rings. The number of nitrogens with zero attached hydrogens (tertiary/aromatic N) is 4. The average molecular weight is 418 g/mol. The van der Waals surface area contributed by atoms with Crippen molar-refractivity contribution in [3.63, 3.8) is 0 Å². The summed E-state index contributed by atoms with van der Waals surface area (Å²) in [6, 6.07) is 7.18. The highest BCUT2D eigenvalue weighted by atomic mass is 35.5. The first-order valence-corrected chi connectivity index (χ1v) is 9.63. The lowest BCUT2D eigenvalue weighted by Gasteiger charge is -2.08. The molecule has 0 radical (unpaired) electrons. The number of nitrogens with one attached hydrogen (secondary N) is 1. The molecule has 28 heavy (non-hydrogen) atoms. The number of amides is 1. The Morgan fingerprint density at radius 3 is 2.57 bits per heavy atom. The van der Waals surface area contributed by atoms with Crippen LogP contribution in [0.15, 0.2) is 36.5 Å². The molecule has 0 fully saturated rings. The molecule has 0 aliphatic carbocycles. The normalized spacial score (nSPS) is 11.3. The van der Waals surface area contributed by atoms with Crippen molar-refractivity contribution in [1.29, 1.82) is 0 Å². The lowest BCUT2D eigenvalue weighted by Crippen LogP contribution is -2.10. The Balaban J connectivity index is 1.70. The molecule has 1 amide bonds. The molecule has 0 aliphatic heterocycles. The first-order valence-electron chi connectivity index (χ1n) is 8.87. The molecular weight excluding hydrogens is 397 g/mol. The van der Waals surface area contributed by atoms with Crippen LogP contribution in [0.3, 0.4) is 0 Å². The van der Waals surface area contributed by atoms with E-state index in [1.165, 1.54) is 6.08 Å². The highest BCUT2D eigenvalue weighted by Gasteiger charge is 2.11. The molecule has 2 heterocycles. The number of carbonyl (C=O) groups excluding carboxylic acids is 1. The van der Waals surface area contributed by atoms with E-state index in [0.29, 0.717) is 22.4 Å². The predicted octanol–water partition coefficient (Wildman–Crippen LogP) is 4.72. The number of hydrogen-bond donors (Lipinski definition) is 1. The molecule has 2 aromatic heterocycles. The first-order chi connectivity index (χ1) is 13.4. The third-order valence-electron chi connectivity index (χ3n) is 4.46. The van der Waals surface area contributed by atoms with E-state index in [9.17, 15) is 4.79 Å². The number of rotatable bonds is 6. The van der Waals surface area contributed by atoms with Gasteiger partial charge >= 0.3 is 0 Å². The number of benzene rings is 1. The topological polar surface area (TPSA) is 64.7 Å². The highest BCUT2D eigenvalue weighted by molar-refractivity contribution is 6.35. The van der Waals surface area contributed by atoms with E-state index in [0.717, 1.165) is 29.1 Å². The molecule has 0 atom stereocenters. The average Bonchev–Trinajstić information content (AvgIpc) is 3.18. The number of aryl methyl sites for hydroxylation is 2. The third-order valence-corrected chi connectivity index (χ3v) is 5.17. The van der Waals surface area contributed by atoms with E-state index >= 15 is 0 Å². The number of halogens is 2. The van der Waals surface area contributed by atoms with Gasteiger partial charge in [0.2, 0.25) is 5.91 Å². The summed E-state index contributed by atoms with van der Waals surface area (Å²) in [6.45, 7) is 7.11. The molecule has 0 aliphatic rings. The van der Waals surface area contributed by atoms with Gasteiger partial charge in [-0.15, -0.1) is 0 Å². The minimum Gasteiger partial charge on any atom is -0.306 e. The van der Waals surface area contributed by atoms with Gasteiger partial charge in [0.1, 0.15) is 0 Å². The van der Waals surface area contributed by atoms with E-state index < -0.39 is 0 Å². The van der Waals surface area contributed by atoms with Crippen LogP contribution in [0.2, 0.25) is 10.0 Å². The maximum atomic E-state index is 12.2. The Hall–Kier alpha value is -2.57. The van der Waals surface area contributed by atoms with Crippen LogP contribution in [0.5, 0.6) is 0 Å². The molecule has 146 valence electrons. The van der Waals surface area contributed by atoms with Gasteiger partial charge in [-0.05, 0) is 39.0 Å². The van der Waals surface area contributed by atoms with Gasteiger partial charge in [-0.1, -0.05) is 29.3 Å². The monoisotopic (exact) mass is 417 g/mol. The highest BCUT2D eigenvalue weighted by Crippen LogP contribution is 2.25. The summed E-state index contributed by atoms with van der Waals surface area (Å²) < 4.78 is 3.63. The Bertz CT molecular complexity index is 1020. The molecule has 8 heteroatoms. The van der Waals surface area contributed by atoms with Gasteiger partial charge in [-0.2, -0.15) is 10.2 Å². The van der Waals surface area contributed by atoms with Gasteiger partial charge in [0.05, 0.1) is 12.7 Å². The second-order valence-electron chi connectivity index (χ2n) is 6.35. The van der Waals surface area contributed by atoms with E-state index in [4.69, 9.17) is 23.2 Å². The molecule has 0 bridgehead atoms. The second kappa shape index (κ2) is 8.63. The molecule has 6 nitrogen and oxygen atoms in total. The SMILES string of the molecule is CCn1ncc(/C=C/C(=O)Nc2cc(C)n(Cc3c(Cl)cccc3Cl)n2)c1C. The van der Waals surface area contributed by atoms with Crippen LogP contribution in [-0.4, -0.2) is 25.5 Å². The van der Waals surface area contributed by atoms with E-state index in [1.54, 1.807) is 41.2 Å². The van der Waals surface area contributed by atoms with Crippen LogP contribution in [0, 0.1) is 13.8 Å².